The summed E-state index contributed by atoms with van der Waals surface area (Å²) >= 11 is 0. The van der Waals surface area contributed by atoms with Gasteiger partial charge >= 0.3 is 0 Å². The van der Waals surface area contributed by atoms with Gasteiger partial charge in [0.25, 0.3) is 0 Å². The van der Waals surface area contributed by atoms with E-state index >= 15 is 0 Å². The van der Waals surface area contributed by atoms with Gasteiger partial charge in [-0.2, -0.15) is 0 Å². The standard InChI is InChI=1S/C14H19N3O/c1-18-8-7-17-14(10-15)12-4-5-13-11(9-12)3-2-6-16-13/h2-6,9,14,17H,7-8,10,15H2,1H3. The van der Waals surface area contributed by atoms with E-state index in [-0.39, 0.29) is 6.04 Å². The fourth-order valence-electron chi connectivity index (χ4n) is 1.98. The Hall–Kier alpha value is -1.49. The topological polar surface area (TPSA) is 60.2 Å². The van der Waals surface area contributed by atoms with E-state index in [1.165, 1.54) is 5.56 Å². The molecular formula is C14H19N3O. The van der Waals surface area contributed by atoms with Crippen LogP contribution in [0, 0.1) is 0 Å². The zero-order valence-corrected chi connectivity index (χ0v) is 10.6. The fourth-order valence-corrected chi connectivity index (χ4v) is 1.98. The number of nitrogens with zero attached hydrogens (tertiary/aromatic N) is 1. The molecule has 4 nitrogen and oxygen atoms in total. The van der Waals surface area contributed by atoms with Crippen LogP contribution in [0.2, 0.25) is 0 Å². The Morgan fingerprint density at radius 3 is 3.06 bits per heavy atom. The molecule has 0 bridgehead atoms. The van der Waals surface area contributed by atoms with Gasteiger partial charge in [-0.25, -0.2) is 0 Å². The van der Waals surface area contributed by atoms with Crippen LogP contribution in [0.4, 0.5) is 0 Å². The van der Waals surface area contributed by atoms with Crippen LogP contribution in [0.3, 0.4) is 0 Å². The Bertz CT molecular complexity index is 501. The lowest BCUT2D eigenvalue weighted by molar-refractivity contribution is 0.196. The maximum Gasteiger partial charge on any atom is 0.0702 e. The molecule has 0 aliphatic carbocycles. The molecule has 0 amide bonds. The SMILES string of the molecule is COCCNC(CN)c1ccc2ncccc2c1. The van der Waals surface area contributed by atoms with E-state index < -0.39 is 0 Å². The van der Waals surface area contributed by atoms with Gasteiger partial charge in [-0.3, -0.25) is 4.98 Å². The molecule has 2 aromatic rings. The molecule has 1 aromatic heterocycles. The number of aromatic nitrogens is 1. The van der Waals surface area contributed by atoms with Gasteiger partial charge in [-0.1, -0.05) is 12.1 Å². The normalized spacial score (nSPS) is 12.8. The summed E-state index contributed by atoms with van der Waals surface area (Å²) in [4.78, 5) is 4.31. The lowest BCUT2D eigenvalue weighted by atomic mass is 10.0. The van der Waals surface area contributed by atoms with Gasteiger partial charge < -0.3 is 15.8 Å². The van der Waals surface area contributed by atoms with Crippen LogP contribution >= 0.6 is 0 Å². The third-order valence-corrected chi connectivity index (χ3v) is 2.96. The van der Waals surface area contributed by atoms with Crippen molar-refractivity contribution >= 4 is 10.9 Å². The maximum absolute atomic E-state index is 5.81. The molecule has 1 aromatic carbocycles. The summed E-state index contributed by atoms with van der Waals surface area (Å²) < 4.78 is 5.03. The zero-order chi connectivity index (χ0) is 12.8. The molecule has 0 fully saturated rings. The number of pyridine rings is 1. The van der Waals surface area contributed by atoms with Gasteiger partial charge in [-0.05, 0) is 23.8 Å². The molecule has 0 saturated heterocycles. The van der Waals surface area contributed by atoms with Gasteiger partial charge in [0.1, 0.15) is 0 Å². The number of nitrogens with one attached hydrogen (secondary N) is 1. The molecular weight excluding hydrogens is 226 g/mol. The quantitative estimate of drug-likeness (QED) is 0.757. The number of hydrogen-bond acceptors (Lipinski definition) is 4. The monoisotopic (exact) mass is 245 g/mol. The Kier molecular flexibility index (Phi) is 4.64. The molecule has 0 aliphatic rings. The Balaban J connectivity index is 2.17. The fraction of sp³-hybridized carbons (Fsp3) is 0.357. The minimum atomic E-state index is 0.157. The van der Waals surface area contributed by atoms with Gasteiger partial charge in [0.05, 0.1) is 12.1 Å². The average molecular weight is 245 g/mol. The molecule has 0 saturated carbocycles. The van der Waals surface area contributed by atoms with Gasteiger partial charge in [0.2, 0.25) is 0 Å². The average Bonchev–Trinajstić information content (AvgIpc) is 2.43. The molecule has 1 unspecified atom stereocenters. The highest BCUT2D eigenvalue weighted by Gasteiger charge is 2.09. The number of benzene rings is 1. The van der Waals surface area contributed by atoms with Crippen molar-refractivity contribution in [3.05, 3.63) is 42.1 Å². The highest BCUT2D eigenvalue weighted by atomic mass is 16.5. The number of hydrogen-bond donors (Lipinski definition) is 2. The first-order chi connectivity index (χ1) is 8.85. The van der Waals surface area contributed by atoms with Crippen molar-refractivity contribution in [3.63, 3.8) is 0 Å². The van der Waals surface area contributed by atoms with E-state index in [1.54, 1.807) is 13.3 Å². The minimum Gasteiger partial charge on any atom is -0.383 e. The molecule has 3 N–H and O–H groups in total. The zero-order valence-electron chi connectivity index (χ0n) is 10.6. The molecule has 1 atom stereocenters. The van der Waals surface area contributed by atoms with Crippen LogP contribution in [-0.4, -0.2) is 31.8 Å². The second-order valence-electron chi connectivity index (χ2n) is 4.19. The van der Waals surface area contributed by atoms with Crippen LogP contribution in [-0.2, 0) is 4.74 Å². The summed E-state index contributed by atoms with van der Waals surface area (Å²) in [6.45, 7) is 2.05. The predicted octanol–water partition coefficient (Wildman–Crippen LogP) is 1.47. The van der Waals surface area contributed by atoms with E-state index in [1.807, 2.05) is 12.1 Å². The van der Waals surface area contributed by atoms with Crippen LogP contribution < -0.4 is 11.1 Å². The second-order valence-corrected chi connectivity index (χ2v) is 4.19. The summed E-state index contributed by atoms with van der Waals surface area (Å²) in [6, 6.07) is 10.4. The summed E-state index contributed by atoms with van der Waals surface area (Å²) in [5.74, 6) is 0. The van der Waals surface area contributed by atoms with Crippen LogP contribution in [0.25, 0.3) is 10.9 Å². The van der Waals surface area contributed by atoms with Crippen molar-refractivity contribution < 1.29 is 4.74 Å². The Morgan fingerprint density at radius 2 is 2.28 bits per heavy atom. The third-order valence-electron chi connectivity index (χ3n) is 2.96. The first kappa shape index (κ1) is 13.0. The number of fused-ring (bicyclic) bond motifs is 1. The summed E-state index contributed by atoms with van der Waals surface area (Å²) in [5, 5.41) is 4.52. The molecule has 18 heavy (non-hydrogen) atoms. The number of methoxy groups -OCH3 is 1. The van der Waals surface area contributed by atoms with Crippen LogP contribution in [0.1, 0.15) is 11.6 Å². The summed E-state index contributed by atoms with van der Waals surface area (Å²) in [6.07, 6.45) is 1.80. The highest BCUT2D eigenvalue weighted by Crippen LogP contribution is 2.18. The molecule has 4 heteroatoms. The van der Waals surface area contributed by atoms with Crippen molar-refractivity contribution in [2.24, 2.45) is 5.73 Å². The van der Waals surface area contributed by atoms with Crippen molar-refractivity contribution in [3.8, 4) is 0 Å². The molecule has 2 rings (SSSR count). The molecule has 0 radical (unpaired) electrons. The van der Waals surface area contributed by atoms with E-state index in [0.717, 1.165) is 17.4 Å². The number of nitrogens with two attached hydrogens (primary N) is 1. The largest absolute Gasteiger partial charge is 0.383 e. The molecule has 0 aliphatic heterocycles. The minimum absolute atomic E-state index is 0.157. The van der Waals surface area contributed by atoms with Crippen molar-refractivity contribution in [2.75, 3.05) is 26.8 Å². The molecule has 96 valence electrons. The van der Waals surface area contributed by atoms with E-state index in [2.05, 4.69) is 28.5 Å². The van der Waals surface area contributed by atoms with E-state index in [9.17, 15) is 0 Å². The van der Waals surface area contributed by atoms with E-state index in [0.29, 0.717) is 13.2 Å². The Labute approximate surface area is 107 Å². The second kappa shape index (κ2) is 6.44. The first-order valence-corrected chi connectivity index (χ1v) is 6.12. The molecule has 0 spiro atoms. The van der Waals surface area contributed by atoms with Crippen molar-refractivity contribution in [1.82, 2.24) is 10.3 Å². The van der Waals surface area contributed by atoms with Gasteiger partial charge in [-0.15, -0.1) is 0 Å². The Morgan fingerprint density at radius 1 is 1.39 bits per heavy atom. The van der Waals surface area contributed by atoms with Crippen molar-refractivity contribution in [2.45, 2.75) is 6.04 Å². The van der Waals surface area contributed by atoms with Crippen molar-refractivity contribution in [1.29, 1.82) is 0 Å². The lowest BCUT2D eigenvalue weighted by Crippen LogP contribution is -2.30. The summed E-state index contributed by atoms with van der Waals surface area (Å²) in [7, 11) is 1.70. The predicted molar refractivity (Wildman–Crippen MR) is 73.4 cm³/mol. The third kappa shape index (κ3) is 3.04. The molecule has 1 heterocycles. The van der Waals surface area contributed by atoms with Crippen LogP contribution in [0.5, 0.6) is 0 Å². The first-order valence-electron chi connectivity index (χ1n) is 6.12. The number of ether oxygens (including phenoxy) is 1. The maximum atomic E-state index is 5.81. The van der Waals surface area contributed by atoms with Crippen LogP contribution in [0.15, 0.2) is 36.5 Å². The van der Waals surface area contributed by atoms with E-state index in [4.69, 9.17) is 10.5 Å². The summed E-state index contributed by atoms with van der Waals surface area (Å²) in [5.41, 5.74) is 8.01. The van der Waals surface area contributed by atoms with Gasteiger partial charge in [0.15, 0.2) is 0 Å². The highest BCUT2D eigenvalue weighted by molar-refractivity contribution is 5.79. The lowest BCUT2D eigenvalue weighted by Gasteiger charge is -2.17. The van der Waals surface area contributed by atoms with Gasteiger partial charge in [0, 0.05) is 37.8 Å². The number of rotatable bonds is 6. The smallest absolute Gasteiger partial charge is 0.0702 e.